The normalized spacial score (nSPS) is 10.8. The summed E-state index contributed by atoms with van der Waals surface area (Å²) in [5.41, 5.74) is 3.38. The SMILES string of the molecule is CCCOc1ccc(-c2nn(C)cc2CNCC)cc1. The van der Waals surface area contributed by atoms with Gasteiger partial charge in [0.1, 0.15) is 5.75 Å². The molecule has 1 aromatic heterocycles. The van der Waals surface area contributed by atoms with Gasteiger partial charge in [-0.2, -0.15) is 5.10 Å². The van der Waals surface area contributed by atoms with Crippen LogP contribution < -0.4 is 10.1 Å². The van der Waals surface area contributed by atoms with Crippen molar-refractivity contribution in [3.05, 3.63) is 36.0 Å². The second-order valence-corrected chi connectivity index (χ2v) is 4.83. The third-order valence-electron chi connectivity index (χ3n) is 3.07. The van der Waals surface area contributed by atoms with Crippen molar-refractivity contribution in [2.24, 2.45) is 7.05 Å². The molecule has 108 valence electrons. The Hall–Kier alpha value is -1.81. The summed E-state index contributed by atoms with van der Waals surface area (Å²) in [5.74, 6) is 0.916. The number of nitrogens with zero attached hydrogens (tertiary/aromatic N) is 2. The zero-order valence-corrected chi connectivity index (χ0v) is 12.5. The minimum Gasteiger partial charge on any atom is -0.494 e. The van der Waals surface area contributed by atoms with Gasteiger partial charge in [0.05, 0.1) is 12.3 Å². The lowest BCUT2D eigenvalue weighted by Gasteiger charge is -2.06. The van der Waals surface area contributed by atoms with Gasteiger partial charge in [-0.25, -0.2) is 0 Å². The van der Waals surface area contributed by atoms with Gasteiger partial charge in [-0.05, 0) is 37.2 Å². The second kappa shape index (κ2) is 7.10. The Balaban J connectivity index is 2.18. The molecule has 0 radical (unpaired) electrons. The van der Waals surface area contributed by atoms with Gasteiger partial charge in [-0.1, -0.05) is 13.8 Å². The van der Waals surface area contributed by atoms with Gasteiger partial charge in [-0.3, -0.25) is 4.68 Å². The molecule has 0 saturated heterocycles. The van der Waals surface area contributed by atoms with Gasteiger partial charge in [0.25, 0.3) is 0 Å². The van der Waals surface area contributed by atoms with Crippen LogP contribution in [0.2, 0.25) is 0 Å². The van der Waals surface area contributed by atoms with E-state index >= 15 is 0 Å². The smallest absolute Gasteiger partial charge is 0.119 e. The molecule has 0 atom stereocenters. The van der Waals surface area contributed by atoms with Crippen molar-refractivity contribution in [3.63, 3.8) is 0 Å². The molecule has 0 fully saturated rings. The first-order valence-electron chi connectivity index (χ1n) is 7.21. The lowest BCUT2D eigenvalue weighted by atomic mass is 10.1. The van der Waals surface area contributed by atoms with Gasteiger partial charge in [0.15, 0.2) is 0 Å². The van der Waals surface area contributed by atoms with Crippen LogP contribution in [0.15, 0.2) is 30.5 Å². The van der Waals surface area contributed by atoms with Crippen LogP contribution >= 0.6 is 0 Å². The van der Waals surface area contributed by atoms with Crippen molar-refractivity contribution < 1.29 is 4.74 Å². The topological polar surface area (TPSA) is 39.1 Å². The molecule has 2 rings (SSSR count). The Morgan fingerprint density at radius 1 is 1.20 bits per heavy atom. The molecular weight excluding hydrogens is 250 g/mol. The van der Waals surface area contributed by atoms with E-state index in [9.17, 15) is 0 Å². The zero-order valence-electron chi connectivity index (χ0n) is 12.5. The minimum absolute atomic E-state index is 0.759. The third-order valence-corrected chi connectivity index (χ3v) is 3.07. The summed E-state index contributed by atoms with van der Waals surface area (Å²) in [7, 11) is 1.96. The Bertz CT molecular complexity index is 531. The fourth-order valence-electron chi connectivity index (χ4n) is 2.10. The van der Waals surface area contributed by atoms with E-state index in [1.165, 1.54) is 5.56 Å². The van der Waals surface area contributed by atoms with E-state index < -0.39 is 0 Å². The minimum atomic E-state index is 0.759. The van der Waals surface area contributed by atoms with Crippen LogP contribution in [-0.2, 0) is 13.6 Å². The average Bonchev–Trinajstić information content (AvgIpc) is 2.84. The molecule has 0 aliphatic carbocycles. The summed E-state index contributed by atoms with van der Waals surface area (Å²) < 4.78 is 7.47. The summed E-state index contributed by atoms with van der Waals surface area (Å²) in [4.78, 5) is 0. The maximum absolute atomic E-state index is 5.61. The van der Waals surface area contributed by atoms with E-state index in [2.05, 4.69) is 42.6 Å². The molecule has 0 saturated carbocycles. The van der Waals surface area contributed by atoms with Crippen LogP contribution in [0.3, 0.4) is 0 Å². The number of hydrogen-bond donors (Lipinski definition) is 1. The van der Waals surface area contributed by atoms with E-state index in [4.69, 9.17) is 4.74 Å². The van der Waals surface area contributed by atoms with Crippen molar-refractivity contribution in [3.8, 4) is 17.0 Å². The Kier molecular flexibility index (Phi) is 5.18. The number of aromatic nitrogens is 2. The molecule has 20 heavy (non-hydrogen) atoms. The Morgan fingerprint density at radius 2 is 1.95 bits per heavy atom. The van der Waals surface area contributed by atoms with E-state index in [1.807, 2.05) is 23.9 Å². The Labute approximate surface area is 120 Å². The molecule has 0 bridgehead atoms. The van der Waals surface area contributed by atoms with Gasteiger partial charge < -0.3 is 10.1 Å². The molecule has 0 unspecified atom stereocenters. The first-order valence-corrected chi connectivity index (χ1v) is 7.21. The fraction of sp³-hybridized carbons (Fsp3) is 0.438. The molecule has 1 heterocycles. The van der Waals surface area contributed by atoms with E-state index in [-0.39, 0.29) is 0 Å². The molecule has 0 amide bonds. The number of aryl methyl sites for hydroxylation is 1. The first kappa shape index (κ1) is 14.6. The van der Waals surface area contributed by atoms with Gasteiger partial charge >= 0.3 is 0 Å². The molecule has 0 aliphatic rings. The monoisotopic (exact) mass is 273 g/mol. The molecule has 1 N–H and O–H groups in total. The third kappa shape index (κ3) is 3.61. The number of ether oxygens (including phenoxy) is 1. The van der Waals surface area contributed by atoms with Crippen LogP contribution in [0, 0.1) is 0 Å². The van der Waals surface area contributed by atoms with Crippen molar-refractivity contribution >= 4 is 0 Å². The quantitative estimate of drug-likeness (QED) is 0.843. The summed E-state index contributed by atoms with van der Waals surface area (Å²) in [5, 5.41) is 7.91. The molecule has 2 aromatic rings. The van der Waals surface area contributed by atoms with Crippen LogP contribution in [-0.4, -0.2) is 22.9 Å². The molecule has 0 spiro atoms. The van der Waals surface area contributed by atoms with E-state index in [0.29, 0.717) is 0 Å². The standard InChI is InChI=1S/C16H23N3O/c1-4-10-20-15-8-6-13(7-9-15)16-14(11-17-5-2)12-19(3)18-16/h6-9,12,17H,4-5,10-11H2,1-3H3. The maximum atomic E-state index is 5.61. The van der Waals surface area contributed by atoms with Crippen molar-refractivity contribution in [1.29, 1.82) is 0 Å². The molecule has 4 heteroatoms. The molecular formula is C16H23N3O. The first-order chi connectivity index (χ1) is 9.74. The van der Waals surface area contributed by atoms with Gasteiger partial charge in [0.2, 0.25) is 0 Å². The predicted octanol–water partition coefficient (Wildman–Crippen LogP) is 2.99. The number of hydrogen-bond acceptors (Lipinski definition) is 3. The highest BCUT2D eigenvalue weighted by Crippen LogP contribution is 2.24. The number of benzene rings is 1. The molecule has 1 aromatic carbocycles. The lowest BCUT2D eigenvalue weighted by Crippen LogP contribution is -2.11. The lowest BCUT2D eigenvalue weighted by molar-refractivity contribution is 0.317. The zero-order chi connectivity index (χ0) is 14.4. The summed E-state index contributed by atoms with van der Waals surface area (Å²) in [6.45, 7) is 6.77. The van der Waals surface area contributed by atoms with Crippen molar-refractivity contribution in [1.82, 2.24) is 15.1 Å². The Morgan fingerprint density at radius 3 is 2.60 bits per heavy atom. The van der Waals surface area contributed by atoms with Crippen LogP contribution in [0.4, 0.5) is 0 Å². The average molecular weight is 273 g/mol. The molecule has 0 aliphatic heterocycles. The van der Waals surface area contributed by atoms with Crippen molar-refractivity contribution in [2.45, 2.75) is 26.8 Å². The van der Waals surface area contributed by atoms with E-state index in [1.54, 1.807) is 0 Å². The highest BCUT2D eigenvalue weighted by atomic mass is 16.5. The fourth-order valence-corrected chi connectivity index (χ4v) is 2.10. The van der Waals surface area contributed by atoms with Crippen LogP contribution in [0.5, 0.6) is 5.75 Å². The van der Waals surface area contributed by atoms with Crippen molar-refractivity contribution in [2.75, 3.05) is 13.2 Å². The summed E-state index contributed by atoms with van der Waals surface area (Å²) >= 11 is 0. The van der Waals surface area contributed by atoms with E-state index in [0.717, 1.165) is 43.1 Å². The van der Waals surface area contributed by atoms with Crippen LogP contribution in [0.1, 0.15) is 25.8 Å². The number of rotatable bonds is 7. The summed E-state index contributed by atoms with van der Waals surface area (Å²) in [6, 6.07) is 8.17. The maximum Gasteiger partial charge on any atom is 0.119 e. The highest BCUT2D eigenvalue weighted by molar-refractivity contribution is 5.63. The van der Waals surface area contributed by atoms with Gasteiger partial charge in [-0.15, -0.1) is 0 Å². The van der Waals surface area contributed by atoms with Gasteiger partial charge in [0, 0.05) is 30.9 Å². The highest BCUT2D eigenvalue weighted by Gasteiger charge is 2.09. The van der Waals surface area contributed by atoms with Crippen LogP contribution in [0.25, 0.3) is 11.3 Å². The summed E-state index contributed by atoms with van der Waals surface area (Å²) in [6.07, 6.45) is 3.09. The second-order valence-electron chi connectivity index (χ2n) is 4.83. The number of nitrogens with one attached hydrogen (secondary N) is 1. The predicted molar refractivity (Wildman–Crippen MR) is 81.8 cm³/mol. The largest absolute Gasteiger partial charge is 0.494 e. The molecule has 4 nitrogen and oxygen atoms in total.